The molecule has 3 heterocycles. The van der Waals surface area contributed by atoms with Crippen LogP contribution in [0.3, 0.4) is 0 Å². The molecule has 1 atom stereocenters. The maximum atomic E-state index is 13.0. The molecular formula is C20H20N4O5. The number of aromatic nitrogens is 3. The number of benzene rings is 1. The number of aromatic amines is 1. The summed E-state index contributed by atoms with van der Waals surface area (Å²) in [6.45, 7) is 1.98. The number of amides is 1. The molecule has 0 bridgehead atoms. The third-order valence-electron chi connectivity index (χ3n) is 4.95. The molecule has 2 aromatic heterocycles. The van der Waals surface area contributed by atoms with Crippen LogP contribution in [0.1, 0.15) is 21.6 Å². The summed E-state index contributed by atoms with van der Waals surface area (Å²) in [6, 6.07) is 6.86. The van der Waals surface area contributed by atoms with Crippen LogP contribution >= 0.6 is 0 Å². The van der Waals surface area contributed by atoms with Crippen molar-refractivity contribution in [3.05, 3.63) is 61.9 Å². The number of nitrogens with one attached hydrogen (secondary N) is 2. The number of nitrogens with zero attached hydrogens (tertiary/aromatic N) is 2. The molecule has 1 aliphatic rings. The summed E-state index contributed by atoms with van der Waals surface area (Å²) in [5.41, 5.74) is 0.559. The average molecular weight is 396 g/mol. The summed E-state index contributed by atoms with van der Waals surface area (Å²) in [4.78, 5) is 43.7. The van der Waals surface area contributed by atoms with Crippen molar-refractivity contribution in [3.63, 3.8) is 0 Å². The summed E-state index contributed by atoms with van der Waals surface area (Å²) in [5, 5.41) is 3.00. The van der Waals surface area contributed by atoms with Crippen molar-refractivity contribution in [1.82, 2.24) is 19.9 Å². The van der Waals surface area contributed by atoms with Crippen LogP contribution in [0.15, 0.2) is 33.9 Å². The smallest absolute Gasteiger partial charge is 0.329 e. The van der Waals surface area contributed by atoms with Gasteiger partial charge in [-0.25, -0.2) is 9.78 Å². The Morgan fingerprint density at radius 3 is 2.93 bits per heavy atom. The highest BCUT2D eigenvalue weighted by molar-refractivity contribution is 6.05. The topological polar surface area (TPSA) is 115 Å². The average Bonchev–Trinajstić information content (AvgIpc) is 2.70. The van der Waals surface area contributed by atoms with E-state index in [1.54, 1.807) is 14.0 Å². The summed E-state index contributed by atoms with van der Waals surface area (Å²) in [7, 11) is 3.07. The van der Waals surface area contributed by atoms with E-state index in [9.17, 15) is 14.4 Å². The van der Waals surface area contributed by atoms with Crippen LogP contribution in [0.4, 0.5) is 0 Å². The van der Waals surface area contributed by atoms with Gasteiger partial charge in [0.15, 0.2) is 11.5 Å². The highest BCUT2D eigenvalue weighted by atomic mass is 16.5. The lowest BCUT2D eigenvalue weighted by Crippen LogP contribution is -2.43. The monoisotopic (exact) mass is 396 g/mol. The molecule has 1 amide bonds. The molecule has 29 heavy (non-hydrogen) atoms. The summed E-state index contributed by atoms with van der Waals surface area (Å²) in [6.07, 6.45) is 0.565. The third-order valence-corrected chi connectivity index (χ3v) is 4.95. The van der Waals surface area contributed by atoms with E-state index in [-0.39, 0.29) is 29.2 Å². The lowest BCUT2D eigenvalue weighted by atomic mass is 10.0. The van der Waals surface area contributed by atoms with Gasteiger partial charge in [0.25, 0.3) is 11.5 Å². The van der Waals surface area contributed by atoms with E-state index >= 15 is 0 Å². The van der Waals surface area contributed by atoms with E-state index in [1.165, 1.54) is 17.7 Å². The Hall–Kier alpha value is -3.62. The normalized spacial score (nSPS) is 15.5. The van der Waals surface area contributed by atoms with Crippen LogP contribution in [0.5, 0.6) is 11.5 Å². The number of para-hydroxylation sites is 1. The van der Waals surface area contributed by atoms with E-state index in [0.29, 0.717) is 23.6 Å². The van der Waals surface area contributed by atoms with E-state index in [0.717, 1.165) is 5.56 Å². The molecule has 1 aromatic carbocycles. The van der Waals surface area contributed by atoms with Crippen molar-refractivity contribution in [1.29, 1.82) is 0 Å². The number of ether oxygens (including phenoxy) is 2. The second kappa shape index (κ2) is 7.08. The number of H-pyrrole nitrogens is 1. The van der Waals surface area contributed by atoms with Crippen molar-refractivity contribution >= 4 is 16.9 Å². The van der Waals surface area contributed by atoms with Gasteiger partial charge in [0, 0.05) is 18.3 Å². The molecule has 0 saturated carbocycles. The number of hydrogen-bond donors (Lipinski definition) is 2. The zero-order valence-electron chi connectivity index (χ0n) is 16.2. The zero-order chi connectivity index (χ0) is 20.7. The summed E-state index contributed by atoms with van der Waals surface area (Å²) < 4.78 is 12.3. The molecule has 9 nitrogen and oxygen atoms in total. The maximum absolute atomic E-state index is 13.0. The standard InChI is InChI=1S/C20H20N4O5/c1-10-7-13(15-17(21-10)24(2)20(27)23-19(15)26)18(25)22-12-8-11-5-4-6-14(28-3)16(11)29-9-12/h4-7,12H,8-9H2,1-3H3,(H,22,25)(H,23,26,27)/t12-/m1/s1. The van der Waals surface area contributed by atoms with Crippen LogP contribution in [-0.4, -0.2) is 40.2 Å². The SMILES string of the molecule is COc1cccc2c1OC[C@H](NC(=O)c1cc(C)nc3c1c(=O)[nH]c(=O)n3C)C2. The summed E-state index contributed by atoms with van der Waals surface area (Å²) in [5.74, 6) is 0.900. The molecule has 0 radical (unpaired) electrons. The van der Waals surface area contributed by atoms with Crippen molar-refractivity contribution in [3.8, 4) is 11.5 Å². The lowest BCUT2D eigenvalue weighted by Gasteiger charge is -2.27. The first-order chi connectivity index (χ1) is 13.9. The second-order valence-corrected chi connectivity index (χ2v) is 6.96. The van der Waals surface area contributed by atoms with Gasteiger partial charge in [0.05, 0.1) is 24.1 Å². The van der Waals surface area contributed by atoms with Gasteiger partial charge < -0.3 is 14.8 Å². The number of fused-ring (bicyclic) bond motifs is 2. The van der Waals surface area contributed by atoms with Crippen molar-refractivity contribution in [2.75, 3.05) is 13.7 Å². The van der Waals surface area contributed by atoms with Crippen LogP contribution in [0.25, 0.3) is 11.0 Å². The summed E-state index contributed by atoms with van der Waals surface area (Å²) >= 11 is 0. The highest BCUT2D eigenvalue weighted by Crippen LogP contribution is 2.34. The first kappa shape index (κ1) is 18.7. The molecule has 0 aliphatic carbocycles. The minimum atomic E-state index is -0.643. The number of rotatable bonds is 3. The van der Waals surface area contributed by atoms with Gasteiger partial charge in [-0.05, 0) is 25.5 Å². The molecule has 3 aromatic rings. The van der Waals surface area contributed by atoms with Crippen molar-refractivity contribution in [2.45, 2.75) is 19.4 Å². The highest BCUT2D eigenvalue weighted by Gasteiger charge is 2.26. The number of pyridine rings is 1. The molecule has 0 unspecified atom stereocenters. The van der Waals surface area contributed by atoms with E-state index in [1.807, 2.05) is 18.2 Å². The fraction of sp³-hybridized carbons (Fsp3) is 0.300. The number of hydrogen-bond acceptors (Lipinski definition) is 6. The van der Waals surface area contributed by atoms with Gasteiger partial charge in [0.1, 0.15) is 12.3 Å². The number of carbonyl (C=O) groups is 1. The Kier molecular flexibility index (Phi) is 4.57. The second-order valence-electron chi connectivity index (χ2n) is 6.96. The van der Waals surface area contributed by atoms with Gasteiger partial charge in [-0.15, -0.1) is 0 Å². The molecule has 1 aliphatic heterocycles. The Bertz CT molecular complexity index is 1240. The first-order valence-electron chi connectivity index (χ1n) is 9.09. The molecule has 9 heteroatoms. The predicted octanol–water partition coefficient (Wildman–Crippen LogP) is 0.672. The fourth-order valence-corrected chi connectivity index (χ4v) is 3.55. The largest absolute Gasteiger partial charge is 0.493 e. The van der Waals surface area contributed by atoms with Crippen molar-refractivity contribution in [2.24, 2.45) is 7.05 Å². The molecular weight excluding hydrogens is 376 g/mol. The molecule has 0 saturated heterocycles. The van der Waals surface area contributed by atoms with E-state index < -0.39 is 17.2 Å². The Balaban J connectivity index is 1.68. The minimum Gasteiger partial charge on any atom is -0.493 e. The number of carbonyl (C=O) groups excluding carboxylic acids is 1. The van der Waals surface area contributed by atoms with Gasteiger partial charge in [0.2, 0.25) is 0 Å². The molecule has 150 valence electrons. The van der Waals surface area contributed by atoms with Crippen LogP contribution in [0, 0.1) is 6.92 Å². The fourth-order valence-electron chi connectivity index (χ4n) is 3.55. The molecule has 0 spiro atoms. The van der Waals surface area contributed by atoms with Crippen LogP contribution in [0.2, 0.25) is 0 Å². The number of aryl methyl sites for hydroxylation is 2. The van der Waals surface area contributed by atoms with Gasteiger partial charge >= 0.3 is 5.69 Å². The Labute approximate surface area is 165 Å². The molecule has 2 N–H and O–H groups in total. The van der Waals surface area contributed by atoms with Gasteiger partial charge in [-0.1, -0.05) is 12.1 Å². The van der Waals surface area contributed by atoms with E-state index in [2.05, 4.69) is 15.3 Å². The number of methoxy groups -OCH3 is 1. The zero-order valence-corrected chi connectivity index (χ0v) is 16.2. The van der Waals surface area contributed by atoms with Crippen LogP contribution in [-0.2, 0) is 13.5 Å². The lowest BCUT2D eigenvalue weighted by molar-refractivity contribution is 0.0916. The third kappa shape index (κ3) is 3.24. The predicted molar refractivity (Wildman–Crippen MR) is 106 cm³/mol. The van der Waals surface area contributed by atoms with Gasteiger partial charge in [-0.2, -0.15) is 0 Å². The minimum absolute atomic E-state index is 0.0778. The molecule has 4 rings (SSSR count). The first-order valence-corrected chi connectivity index (χ1v) is 9.09. The maximum Gasteiger partial charge on any atom is 0.329 e. The van der Waals surface area contributed by atoms with Crippen LogP contribution < -0.4 is 26.0 Å². The van der Waals surface area contributed by atoms with Crippen molar-refractivity contribution < 1.29 is 14.3 Å². The Morgan fingerprint density at radius 2 is 2.17 bits per heavy atom. The molecule has 0 fully saturated rings. The van der Waals surface area contributed by atoms with E-state index in [4.69, 9.17) is 9.47 Å². The van der Waals surface area contributed by atoms with Gasteiger partial charge in [-0.3, -0.25) is 19.1 Å². The Morgan fingerprint density at radius 1 is 1.38 bits per heavy atom. The quantitative estimate of drug-likeness (QED) is 0.673.